The maximum atomic E-state index is 3.87. The van der Waals surface area contributed by atoms with Crippen LogP contribution in [0.15, 0.2) is 29.2 Å². The lowest BCUT2D eigenvalue weighted by atomic mass is 9.69. The van der Waals surface area contributed by atoms with Crippen molar-refractivity contribution < 1.29 is 0 Å². The van der Waals surface area contributed by atoms with Gasteiger partial charge in [-0.05, 0) is 54.4 Å². The number of fused-ring (bicyclic) bond motifs is 2. The van der Waals surface area contributed by atoms with Gasteiger partial charge in [0.25, 0.3) is 0 Å². The number of anilines is 1. The lowest BCUT2D eigenvalue weighted by molar-refractivity contribution is 0.142. The number of thioether (sulfide) groups is 1. The van der Waals surface area contributed by atoms with Gasteiger partial charge in [0.05, 0.1) is 0 Å². The number of nitrogens with one attached hydrogen (secondary N) is 1. The first-order valence-corrected chi connectivity index (χ1v) is 8.61. The normalized spacial score (nSPS) is 35.6. The van der Waals surface area contributed by atoms with Crippen LogP contribution >= 0.6 is 11.8 Å². The second kappa shape index (κ2) is 4.44. The molecular formula is C17H25NS. The third kappa shape index (κ3) is 1.83. The fraction of sp³-hybridized carbons (Fsp3) is 0.647. The van der Waals surface area contributed by atoms with Crippen LogP contribution in [0.1, 0.15) is 40.0 Å². The first-order chi connectivity index (χ1) is 8.99. The predicted molar refractivity (Wildman–Crippen MR) is 84.9 cm³/mol. The maximum absolute atomic E-state index is 3.87. The molecule has 1 N–H and O–H groups in total. The van der Waals surface area contributed by atoms with Gasteiger partial charge in [-0.15, -0.1) is 11.8 Å². The molecule has 2 bridgehead atoms. The highest BCUT2D eigenvalue weighted by Crippen LogP contribution is 2.65. The fourth-order valence-electron chi connectivity index (χ4n) is 4.37. The summed E-state index contributed by atoms with van der Waals surface area (Å²) >= 11 is 1.84. The minimum atomic E-state index is 0.448. The van der Waals surface area contributed by atoms with Crippen LogP contribution in [-0.2, 0) is 0 Å². The van der Waals surface area contributed by atoms with Crippen LogP contribution < -0.4 is 5.32 Å². The third-order valence-electron chi connectivity index (χ3n) is 6.23. The van der Waals surface area contributed by atoms with Crippen molar-refractivity contribution in [2.45, 2.75) is 51.0 Å². The van der Waals surface area contributed by atoms with Crippen molar-refractivity contribution in [3.05, 3.63) is 24.3 Å². The maximum Gasteiger partial charge on any atom is 0.0480 e. The van der Waals surface area contributed by atoms with Crippen LogP contribution in [0.2, 0.25) is 0 Å². The molecule has 0 spiro atoms. The van der Waals surface area contributed by atoms with Gasteiger partial charge in [-0.1, -0.05) is 32.9 Å². The number of hydrogen-bond donors (Lipinski definition) is 1. The van der Waals surface area contributed by atoms with Crippen LogP contribution in [0.3, 0.4) is 0 Å². The van der Waals surface area contributed by atoms with E-state index in [1.807, 2.05) is 11.8 Å². The summed E-state index contributed by atoms with van der Waals surface area (Å²) < 4.78 is 0. The summed E-state index contributed by atoms with van der Waals surface area (Å²) in [5.74, 6) is 0.899. The minimum Gasteiger partial charge on any atom is -0.381 e. The lowest BCUT2D eigenvalue weighted by Crippen LogP contribution is -2.40. The molecule has 104 valence electrons. The first-order valence-electron chi connectivity index (χ1n) is 7.38. The smallest absolute Gasteiger partial charge is 0.0480 e. The van der Waals surface area contributed by atoms with Gasteiger partial charge < -0.3 is 5.32 Å². The highest BCUT2D eigenvalue weighted by molar-refractivity contribution is 7.98. The van der Waals surface area contributed by atoms with E-state index >= 15 is 0 Å². The quantitative estimate of drug-likeness (QED) is 0.776. The first kappa shape index (κ1) is 13.4. The highest BCUT2D eigenvalue weighted by atomic mass is 32.2. The van der Waals surface area contributed by atoms with Crippen molar-refractivity contribution in [3.8, 4) is 0 Å². The Morgan fingerprint density at radius 1 is 1.21 bits per heavy atom. The summed E-state index contributed by atoms with van der Waals surface area (Å²) in [5, 5.41) is 3.87. The molecule has 1 aromatic carbocycles. The molecule has 2 aliphatic rings. The molecule has 3 unspecified atom stereocenters. The molecule has 2 aliphatic carbocycles. The molecule has 2 saturated carbocycles. The van der Waals surface area contributed by atoms with Gasteiger partial charge in [0.1, 0.15) is 0 Å². The molecule has 2 heteroatoms. The molecule has 0 saturated heterocycles. The molecule has 0 aliphatic heterocycles. The third-order valence-corrected chi connectivity index (χ3v) is 7.03. The number of rotatable bonds is 3. The average Bonchev–Trinajstić information content (AvgIpc) is 2.72. The van der Waals surface area contributed by atoms with Crippen LogP contribution in [0.4, 0.5) is 5.69 Å². The van der Waals surface area contributed by atoms with Crippen molar-refractivity contribution >= 4 is 17.4 Å². The molecule has 19 heavy (non-hydrogen) atoms. The molecule has 2 fully saturated rings. The van der Waals surface area contributed by atoms with E-state index in [4.69, 9.17) is 0 Å². The van der Waals surface area contributed by atoms with Crippen molar-refractivity contribution in [1.82, 2.24) is 0 Å². The van der Waals surface area contributed by atoms with E-state index in [0.717, 1.165) is 5.92 Å². The number of hydrogen-bond acceptors (Lipinski definition) is 2. The monoisotopic (exact) mass is 275 g/mol. The van der Waals surface area contributed by atoms with E-state index in [9.17, 15) is 0 Å². The Bertz CT molecular complexity index is 482. The van der Waals surface area contributed by atoms with Crippen molar-refractivity contribution in [2.75, 3.05) is 11.6 Å². The zero-order chi connectivity index (χ0) is 13.7. The van der Waals surface area contributed by atoms with Gasteiger partial charge in [0.15, 0.2) is 0 Å². The standard InChI is InChI=1S/C17H25NS/c1-16(2)12-9-10-17(16,3)15(11-12)18-13-7-5-6-8-14(13)19-4/h5-8,12,15,18H,9-11H2,1-4H3. The van der Waals surface area contributed by atoms with E-state index in [1.165, 1.54) is 29.8 Å². The summed E-state index contributed by atoms with van der Waals surface area (Å²) in [5.41, 5.74) is 2.26. The van der Waals surface area contributed by atoms with Gasteiger partial charge in [0, 0.05) is 16.6 Å². The van der Waals surface area contributed by atoms with E-state index in [-0.39, 0.29) is 0 Å². The molecule has 3 rings (SSSR count). The minimum absolute atomic E-state index is 0.448. The van der Waals surface area contributed by atoms with Gasteiger partial charge >= 0.3 is 0 Å². The molecule has 1 nitrogen and oxygen atoms in total. The number of para-hydroxylation sites is 1. The topological polar surface area (TPSA) is 12.0 Å². The molecule has 1 aromatic rings. The summed E-state index contributed by atoms with van der Waals surface area (Å²) in [6.07, 6.45) is 6.30. The summed E-state index contributed by atoms with van der Waals surface area (Å²) in [7, 11) is 0. The summed E-state index contributed by atoms with van der Waals surface area (Å²) in [6.45, 7) is 7.46. The van der Waals surface area contributed by atoms with E-state index < -0.39 is 0 Å². The van der Waals surface area contributed by atoms with Crippen LogP contribution in [0, 0.1) is 16.7 Å². The van der Waals surface area contributed by atoms with E-state index in [1.54, 1.807) is 0 Å². The second-order valence-corrected chi connectivity index (χ2v) is 7.86. The summed E-state index contributed by atoms with van der Waals surface area (Å²) in [6, 6.07) is 9.35. The molecule has 0 heterocycles. The number of benzene rings is 1. The molecule has 3 atom stereocenters. The van der Waals surface area contributed by atoms with E-state index in [2.05, 4.69) is 56.6 Å². The zero-order valence-corrected chi connectivity index (χ0v) is 13.3. The van der Waals surface area contributed by atoms with Crippen molar-refractivity contribution in [1.29, 1.82) is 0 Å². The Morgan fingerprint density at radius 3 is 2.53 bits per heavy atom. The van der Waals surface area contributed by atoms with Gasteiger partial charge in [-0.3, -0.25) is 0 Å². The Hall–Kier alpha value is -0.630. The van der Waals surface area contributed by atoms with E-state index in [0.29, 0.717) is 16.9 Å². The lowest BCUT2D eigenvalue weighted by Gasteiger charge is -2.40. The SMILES string of the molecule is CSc1ccccc1NC1CC2CCC1(C)C2(C)C. The highest BCUT2D eigenvalue weighted by Gasteiger charge is 2.61. The molecule has 0 radical (unpaired) electrons. The predicted octanol–water partition coefficient (Wildman–Crippen LogP) is 5.04. The average molecular weight is 275 g/mol. The Balaban J connectivity index is 1.86. The largest absolute Gasteiger partial charge is 0.381 e. The van der Waals surface area contributed by atoms with Gasteiger partial charge in [-0.25, -0.2) is 0 Å². The fourth-order valence-corrected chi connectivity index (χ4v) is 4.94. The van der Waals surface area contributed by atoms with Crippen LogP contribution in [0.5, 0.6) is 0 Å². The van der Waals surface area contributed by atoms with Crippen molar-refractivity contribution in [2.24, 2.45) is 16.7 Å². The molecular weight excluding hydrogens is 250 g/mol. The summed E-state index contributed by atoms with van der Waals surface area (Å²) in [4.78, 5) is 1.37. The zero-order valence-electron chi connectivity index (χ0n) is 12.5. The second-order valence-electron chi connectivity index (χ2n) is 7.01. The van der Waals surface area contributed by atoms with Gasteiger partial charge in [0.2, 0.25) is 0 Å². The van der Waals surface area contributed by atoms with Crippen LogP contribution in [-0.4, -0.2) is 12.3 Å². The Morgan fingerprint density at radius 2 is 1.95 bits per heavy atom. The molecule has 0 amide bonds. The Labute approximate surface area is 121 Å². The Kier molecular flexibility index (Phi) is 3.12. The van der Waals surface area contributed by atoms with Gasteiger partial charge in [-0.2, -0.15) is 0 Å². The van der Waals surface area contributed by atoms with Crippen molar-refractivity contribution in [3.63, 3.8) is 0 Å². The molecule has 0 aromatic heterocycles. The van der Waals surface area contributed by atoms with Crippen LogP contribution in [0.25, 0.3) is 0 Å².